The molecule has 2 heterocycles. The lowest BCUT2D eigenvalue weighted by Gasteiger charge is -2.07. The highest BCUT2D eigenvalue weighted by Gasteiger charge is 2.18. The third kappa shape index (κ3) is 3.27. The number of amides is 1. The maximum atomic E-state index is 11.4. The minimum absolute atomic E-state index is 0.0384. The van der Waals surface area contributed by atoms with Crippen LogP contribution in [-0.4, -0.2) is 40.0 Å². The van der Waals surface area contributed by atoms with Crippen molar-refractivity contribution >= 4 is 39.2 Å². The molecule has 0 bridgehead atoms. The Kier molecular flexibility index (Phi) is 4.69. The van der Waals surface area contributed by atoms with E-state index in [9.17, 15) is 9.59 Å². The molecule has 1 amide bonds. The number of fused-ring (bicyclic) bond motifs is 1. The molecule has 0 atom stereocenters. The fraction of sp³-hybridized carbons (Fsp3) is 0.385. The first-order valence-electron chi connectivity index (χ1n) is 6.52. The molecule has 3 N–H and O–H groups in total. The Morgan fingerprint density at radius 2 is 2.14 bits per heavy atom. The topological polar surface area (TPSA) is 104 Å². The summed E-state index contributed by atoms with van der Waals surface area (Å²) in [7, 11) is 0. The van der Waals surface area contributed by atoms with Crippen molar-refractivity contribution in [1.29, 1.82) is 0 Å². The van der Waals surface area contributed by atoms with E-state index in [0.29, 0.717) is 41.1 Å². The number of aromatic nitrogens is 2. The molecule has 2 aromatic heterocycles. The van der Waals surface area contributed by atoms with Crippen LogP contribution in [0, 0.1) is 6.92 Å². The first-order chi connectivity index (χ1) is 10.0. The number of carbonyl (C=O) groups is 2. The van der Waals surface area contributed by atoms with Crippen LogP contribution in [0.2, 0.25) is 0 Å². The van der Waals surface area contributed by atoms with Crippen LogP contribution in [0.3, 0.4) is 0 Å². The summed E-state index contributed by atoms with van der Waals surface area (Å²) in [5, 5.41) is 15.6. The number of nitrogens with one attached hydrogen (secondary N) is 2. The van der Waals surface area contributed by atoms with Gasteiger partial charge in [0.2, 0.25) is 5.91 Å². The molecule has 0 aliphatic rings. The fourth-order valence-electron chi connectivity index (χ4n) is 1.99. The highest BCUT2D eigenvalue weighted by molar-refractivity contribution is 7.20. The average molecular weight is 308 g/mol. The van der Waals surface area contributed by atoms with Crippen molar-refractivity contribution in [2.75, 3.05) is 18.4 Å². The molecule has 0 aromatic carbocycles. The smallest absolute Gasteiger partial charge is 0.346 e. The molecule has 2 rings (SSSR count). The van der Waals surface area contributed by atoms with Gasteiger partial charge in [0.1, 0.15) is 21.9 Å². The van der Waals surface area contributed by atoms with Gasteiger partial charge in [0, 0.05) is 19.5 Å². The molecule has 0 saturated heterocycles. The van der Waals surface area contributed by atoms with Crippen molar-refractivity contribution in [1.82, 2.24) is 15.3 Å². The molecule has 21 heavy (non-hydrogen) atoms. The molecule has 0 saturated carbocycles. The Labute approximate surface area is 125 Å². The molecule has 0 radical (unpaired) electrons. The molecule has 7 nitrogen and oxygen atoms in total. The summed E-state index contributed by atoms with van der Waals surface area (Å²) in [6, 6.07) is 0. The van der Waals surface area contributed by atoms with Crippen molar-refractivity contribution in [3.05, 3.63) is 16.8 Å². The van der Waals surface area contributed by atoms with E-state index < -0.39 is 5.97 Å². The molecular formula is C13H16N4O3S. The molecule has 0 fully saturated rings. The van der Waals surface area contributed by atoms with E-state index in [4.69, 9.17) is 5.11 Å². The fourth-order valence-corrected chi connectivity index (χ4v) is 2.98. The van der Waals surface area contributed by atoms with Crippen LogP contribution in [0.5, 0.6) is 0 Å². The van der Waals surface area contributed by atoms with Gasteiger partial charge in [-0.1, -0.05) is 0 Å². The normalized spacial score (nSPS) is 10.6. The largest absolute Gasteiger partial charge is 0.477 e. The van der Waals surface area contributed by atoms with Crippen molar-refractivity contribution in [3.63, 3.8) is 0 Å². The van der Waals surface area contributed by atoms with Crippen molar-refractivity contribution < 1.29 is 14.7 Å². The summed E-state index contributed by atoms with van der Waals surface area (Å²) in [6.45, 7) is 4.62. The number of carbonyl (C=O) groups excluding carboxylic acids is 1. The lowest BCUT2D eigenvalue weighted by molar-refractivity contribution is -0.120. The van der Waals surface area contributed by atoms with Gasteiger partial charge in [-0.2, -0.15) is 0 Å². The van der Waals surface area contributed by atoms with Gasteiger partial charge in [0.15, 0.2) is 0 Å². The molecule has 8 heteroatoms. The minimum Gasteiger partial charge on any atom is -0.477 e. The Balaban J connectivity index is 2.20. The summed E-state index contributed by atoms with van der Waals surface area (Å²) >= 11 is 1.12. The Morgan fingerprint density at radius 1 is 1.38 bits per heavy atom. The zero-order chi connectivity index (χ0) is 15.4. The van der Waals surface area contributed by atoms with E-state index >= 15 is 0 Å². The van der Waals surface area contributed by atoms with E-state index in [-0.39, 0.29) is 10.8 Å². The standard InChI is InChI=1S/C13H16N4O3S/c1-3-14-8(18)4-5-15-11-9-7(2)10(13(19)20)21-12(9)17-6-16-11/h6H,3-5H2,1-2H3,(H,14,18)(H,19,20)(H,15,16,17). The quantitative estimate of drug-likeness (QED) is 0.749. The van der Waals surface area contributed by atoms with Gasteiger partial charge in [0.05, 0.1) is 5.39 Å². The van der Waals surface area contributed by atoms with Gasteiger partial charge in [0.25, 0.3) is 0 Å². The maximum Gasteiger partial charge on any atom is 0.346 e. The lowest BCUT2D eigenvalue weighted by Crippen LogP contribution is -2.24. The number of carboxylic acid groups (broad SMARTS) is 1. The van der Waals surface area contributed by atoms with Gasteiger partial charge >= 0.3 is 5.97 Å². The number of anilines is 1. The highest BCUT2D eigenvalue weighted by atomic mass is 32.1. The van der Waals surface area contributed by atoms with Gasteiger partial charge in [-0.3, -0.25) is 4.79 Å². The van der Waals surface area contributed by atoms with Crippen LogP contribution in [-0.2, 0) is 4.79 Å². The Morgan fingerprint density at radius 3 is 2.81 bits per heavy atom. The number of rotatable bonds is 6. The molecule has 0 unspecified atom stereocenters. The highest BCUT2D eigenvalue weighted by Crippen LogP contribution is 2.33. The predicted octanol–water partition coefficient (Wildman–Crippen LogP) is 1.64. The second kappa shape index (κ2) is 6.49. The number of carboxylic acids is 1. The van der Waals surface area contributed by atoms with Crippen molar-refractivity contribution in [2.24, 2.45) is 0 Å². The van der Waals surface area contributed by atoms with E-state index in [1.54, 1.807) is 6.92 Å². The van der Waals surface area contributed by atoms with Gasteiger partial charge in [-0.05, 0) is 19.4 Å². The summed E-state index contributed by atoms with van der Waals surface area (Å²) in [5.74, 6) is -0.446. The molecule has 0 aliphatic carbocycles. The number of aryl methyl sites for hydroxylation is 1. The SMILES string of the molecule is CCNC(=O)CCNc1ncnc2sc(C(=O)O)c(C)c12. The monoisotopic (exact) mass is 308 g/mol. The number of nitrogens with zero attached hydrogens (tertiary/aromatic N) is 2. The van der Waals surface area contributed by atoms with Crippen LogP contribution in [0.25, 0.3) is 10.2 Å². The summed E-state index contributed by atoms with van der Waals surface area (Å²) in [6.07, 6.45) is 1.71. The van der Waals surface area contributed by atoms with Crippen LogP contribution in [0.4, 0.5) is 5.82 Å². The molecular weight excluding hydrogens is 292 g/mol. The number of aromatic carboxylic acids is 1. The second-order valence-electron chi connectivity index (χ2n) is 4.39. The summed E-state index contributed by atoms with van der Waals surface area (Å²) < 4.78 is 0. The molecule has 0 spiro atoms. The first-order valence-corrected chi connectivity index (χ1v) is 7.34. The van der Waals surface area contributed by atoms with Gasteiger partial charge in [-0.25, -0.2) is 14.8 Å². The Hall–Kier alpha value is -2.22. The summed E-state index contributed by atoms with van der Waals surface area (Å²) in [5.41, 5.74) is 0.642. The van der Waals surface area contributed by atoms with Crippen LogP contribution < -0.4 is 10.6 Å². The first kappa shape index (κ1) is 15.2. The second-order valence-corrected chi connectivity index (χ2v) is 5.39. The minimum atomic E-state index is -0.969. The number of hydrogen-bond donors (Lipinski definition) is 3. The number of thiophene rings is 1. The predicted molar refractivity (Wildman–Crippen MR) is 80.9 cm³/mol. The molecule has 2 aromatic rings. The van der Waals surface area contributed by atoms with E-state index in [1.165, 1.54) is 6.33 Å². The van der Waals surface area contributed by atoms with Gasteiger partial charge in [-0.15, -0.1) is 11.3 Å². The number of hydrogen-bond acceptors (Lipinski definition) is 6. The van der Waals surface area contributed by atoms with Crippen molar-refractivity contribution in [3.8, 4) is 0 Å². The third-order valence-electron chi connectivity index (χ3n) is 2.94. The zero-order valence-corrected chi connectivity index (χ0v) is 12.6. The zero-order valence-electron chi connectivity index (χ0n) is 11.8. The third-order valence-corrected chi connectivity index (χ3v) is 4.13. The van der Waals surface area contributed by atoms with Crippen LogP contribution in [0.1, 0.15) is 28.6 Å². The maximum absolute atomic E-state index is 11.4. The van der Waals surface area contributed by atoms with Crippen molar-refractivity contribution in [2.45, 2.75) is 20.3 Å². The lowest BCUT2D eigenvalue weighted by atomic mass is 10.2. The van der Waals surface area contributed by atoms with Crippen LogP contribution in [0.15, 0.2) is 6.33 Å². The van der Waals surface area contributed by atoms with E-state index in [2.05, 4.69) is 20.6 Å². The molecule has 0 aliphatic heterocycles. The average Bonchev–Trinajstić information content (AvgIpc) is 2.78. The van der Waals surface area contributed by atoms with Crippen LogP contribution >= 0.6 is 11.3 Å². The Bertz CT molecular complexity index is 683. The molecule has 112 valence electrons. The van der Waals surface area contributed by atoms with E-state index in [0.717, 1.165) is 11.3 Å². The van der Waals surface area contributed by atoms with Gasteiger partial charge < -0.3 is 15.7 Å². The summed E-state index contributed by atoms with van der Waals surface area (Å²) in [4.78, 5) is 31.7. The van der Waals surface area contributed by atoms with E-state index in [1.807, 2.05) is 6.92 Å².